The minimum absolute atomic E-state index is 0.0906. The molecule has 0 fully saturated rings. The number of benzene rings is 1. The van der Waals surface area contributed by atoms with Gasteiger partial charge in [-0.25, -0.2) is 9.67 Å². The zero-order chi connectivity index (χ0) is 21.8. The van der Waals surface area contributed by atoms with E-state index in [1.807, 2.05) is 30.3 Å². The van der Waals surface area contributed by atoms with Crippen molar-refractivity contribution < 1.29 is 23.1 Å². The van der Waals surface area contributed by atoms with Crippen LogP contribution in [0.15, 0.2) is 55.1 Å². The van der Waals surface area contributed by atoms with E-state index in [4.69, 9.17) is 0 Å². The summed E-state index contributed by atoms with van der Waals surface area (Å²) in [7, 11) is 1.37. The topological polar surface area (TPSA) is 85.0 Å². The van der Waals surface area contributed by atoms with Crippen LogP contribution >= 0.6 is 0 Å². The number of rotatable bonds is 8. The SMILES string of the molecule is Cn1ccnc1C(O)(CCNC(=O)CCc1cnn(-c2ccccc2)c1)C(F)(F)F. The number of aromatic nitrogens is 4. The average molecular weight is 421 g/mol. The molecule has 0 aliphatic rings. The Labute approximate surface area is 171 Å². The summed E-state index contributed by atoms with van der Waals surface area (Å²) < 4.78 is 43.2. The van der Waals surface area contributed by atoms with Crippen molar-refractivity contribution in [3.8, 4) is 5.69 Å². The van der Waals surface area contributed by atoms with Crippen LogP contribution in [0, 0.1) is 0 Å². The van der Waals surface area contributed by atoms with Crippen LogP contribution in [0.1, 0.15) is 24.2 Å². The van der Waals surface area contributed by atoms with Crippen LogP contribution in [-0.2, 0) is 23.9 Å². The summed E-state index contributed by atoms with van der Waals surface area (Å²) in [5.74, 6) is -0.926. The van der Waals surface area contributed by atoms with E-state index in [2.05, 4.69) is 15.4 Å². The first-order valence-corrected chi connectivity index (χ1v) is 9.33. The highest BCUT2D eigenvalue weighted by Crippen LogP contribution is 2.40. The number of aliphatic hydroxyl groups is 1. The Morgan fingerprint density at radius 1 is 1.23 bits per heavy atom. The van der Waals surface area contributed by atoms with Crippen molar-refractivity contribution in [2.24, 2.45) is 7.05 Å². The maximum Gasteiger partial charge on any atom is 0.424 e. The number of hydrogen-bond donors (Lipinski definition) is 2. The fourth-order valence-corrected chi connectivity index (χ4v) is 3.08. The molecule has 7 nitrogen and oxygen atoms in total. The number of hydrogen-bond acceptors (Lipinski definition) is 4. The van der Waals surface area contributed by atoms with Crippen molar-refractivity contribution in [2.75, 3.05) is 6.54 Å². The highest BCUT2D eigenvalue weighted by atomic mass is 19.4. The van der Waals surface area contributed by atoms with E-state index in [0.717, 1.165) is 15.8 Å². The zero-order valence-corrected chi connectivity index (χ0v) is 16.3. The van der Waals surface area contributed by atoms with Gasteiger partial charge in [0.15, 0.2) is 0 Å². The van der Waals surface area contributed by atoms with Gasteiger partial charge in [0.2, 0.25) is 11.5 Å². The lowest BCUT2D eigenvalue weighted by molar-refractivity contribution is -0.272. The number of halogens is 3. The lowest BCUT2D eigenvalue weighted by Gasteiger charge is -2.29. The molecule has 160 valence electrons. The Bertz CT molecular complexity index is 984. The van der Waals surface area contributed by atoms with Crippen LogP contribution in [0.5, 0.6) is 0 Å². The number of carbonyl (C=O) groups is 1. The minimum Gasteiger partial charge on any atom is -0.374 e. The first kappa shape index (κ1) is 21.6. The number of carbonyl (C=O) groups excluding carboxylic acids is 1. The van der Waals surface area contributed by atoms with Gasteiger partial charge in [0.25, 0.3) is 0 Å². The molecule has 1 atom stereocenters. The fraction of sp³-hybridized carbons (Fsp3) is 0.350. The van der Waals surface area contributed by atoms with E-state index in [-0.39, 0.29) is 13.0 Å². The largest absolute Gasteiger partial charge is 0.424 e. The second-order valence-corrected chi connectivity index (χ2v) is 6.95. The van der Waals surface area contributed by atoms with Crippen molar-refractivity contribution in [1.29, 1.82) is 0 Å². The monoisotopic (exact) mass is 421 g/mol. The van der Waals surface area contributed by atoms with Crippen LogP contribution in [-0.4, -0.2) is 43.1 Å². The zero-order valence-electron chi connectivity index (χ0n) is 16.3. The predicted octanol–water partition coefficient (Wildman–Crippen LogP) is 2.49. The van der Waals surface area contributed by atoms with Gasteiger partial charge in [0.1, 0.15) is 5.82 Å². The summed E-state index contributed by atoms with van der Waals surface area (Å²) in [6.45, 7) is -0.342. The molecule has 2 heterocycles. The van der Waals surface area contributed by atoms with Crippen molar-refractivity contribution in [3.63, 3.8) is 0 Å². The smallest absolute Gasteiger partial charge is 0.374 e. The fourth-order valence-electron chi connectivity index (χ4n) is 3.08. The molecule has 0 saturated carbocycles. The Kier molecular flexibility index (Phi) is 6.25. The number of para-hydroxylation sites is 1. The standard InChI is InChI=1S/C20H22F3N5O2/c1-27-12-11-25-18(27)19(30,20(21,22)23)9-10-24-17(29)8-7-15-13-26-28(14-15)16-5-3-2-4-6-16/h2-6,11-14,30H,7-10H2,1H3,(H,24,29). The van der Waals surface area contributed by atoms with E-state index in [9.17, 15) is 23.1 Å². The van der Waals surface area contributed by atoms with Crippen LogP contribution in [0.2, 0.25) is 0 Å². The van der Waals surface area contributed by atoms with Gasteiger partial charge in [-0.1, -0.05) is 18.2 Å². The number of aryl methyl sites for hydroxylation is 2. The van der Waals surface area contributed by atoms with Crippen molar-refractivity contribution in [2.45, 2.75) is 31.0 Å². The Morgan fingerprint density at radius 3 is 2.60 bits per heavy atom. The second kappa shape index (κ2) is 8.70. The summed E-state index contributed by atoms with van der Waals surface area (Å²) >= 11 is 0. The lowest BCUT2D eigenvalue weighted by Crippen LogP contribution is -2.46. The van der Waals surface area contributed by atoms with Gasteiger partial charge < -0.3 is 15.0 Å². The molecule has 1 aromatic carbocycles. The number of nitrogens with one attached hydrogen (secondary N) is 1. The van der Waals surface area contributed by atoms with Gasteiger partial charge in [-0.15, -0.1) is 0 Å². The Hall–Kier alpha value is -3.14. The average Bonchev–Trinajstić information content (AvgIpc) is 3.35. The Morgan fingerprint density at radius 2 is 1.97 bits per heavy atom. The van der Waals surface area contributed by atoms with Gasteiger partial charge in [-0.3, -0.25) is 4.79 Å². The summed E-state index contributed by atoms with van der Waals surface area (Å²) in [6.07, 6.45) is 0.757. The highest BCUT2D eigenvalue weighted by Gasteiger charge is 2.57. The molecule has 30 heavy (non-hydrogen) atoms. The van der Waals surface area contributed by atoms with Crippen molar-refractivity contribution in [1.82, 2.24) is 24.6 Å². The summed E-state index contributed by atoms with van der Waals surface area (Å²) in [5.41, 5.74) is -1.43. The third-order valence-electron chi connectivity index (χ3n) is 4.77. The van der Waals surface area contributed by atoms with Crippen LogP contribution < -0.4 is 5.32 Å². The van der Waals surface area contributed by atoms with E-state index >= 15 is 0 Å². The van der Waals surface area contributed by atoms with Gasteiger partial charge in [-0.2, -0.15) is 18.3 Å². The second-order valence-electron chi connectivity index (χ2n) is 6.95. The molecule has 3 aromatic rings. The molecule has 0 saturated heterocycles. The van der Waals surface area contributed by atoms with Gasteiger partial charge >= 0.3 is 6.18 Å². The van der Waals surface area contributed by atoms with Crippen LogP contribution in [0.3, 0.4) is 0 Å². The van der Waals surface area contributed by atoms with E-state index in [1.165, 1.54) is 19.4 Å². The van der Waals surface area contributed by atoms with Crippen molar-refractivity contribution >= 4 is 5.91 Å². The van der Waals surface area contributed by atoms with Gasteiger partial charge in [0, 0.05) is 45.0 Å². The first-order valence-electron chi connectivity index (χ1n) is 9.33. The van der Waals surface area contributed by atoms with Gasteiger partial charge in [0.05, 0.1) is 11.9 Å². The summed E-state index contributed by atoms with van der Waals surface area (Å²) in [5, 5.41) is 16.9. The highest BCUT2D eigenvalue weighted by molar-refractivity contribution is 5.76. The maximum atomic E-state index is 13.5. The third kappa shape index (κ3) is 4.70. The number of imidazole rings is 1. The summed E-state index contributed by atoms with van der Waals surface area (Å²) in [4.78, 5) is 15.7. The molecule has 2 N–H and O–H groups in total. The molecule has 1 unspecified atom stereocenters. The van der Waals surface area contributed by atoms with Crippen LogP contribution in [0.4, 0.5) is 13.2 Å². The molecule has 0 bridgehead atoms. The predicted molar refractivity (Wildman–Crippen MR) is 103 cm³/mol. The minimum atomic E-state index is -4.93. The van der Waals surface area contributed by atoms with Crippen LogP contribution in [0.25, 0.3) is 5.69 Å². The molecule has 0 aliphatic carbocycles. The third-order valence-corrected chi connectivity index (χ3v) is 4.77. The molecule has 0 aliphatic heterocycles. The van der Waals surface area contributed by atoms with E-state index in [0.29, 0.717) is 6.42 Å². The molecule has 0 spiro atoms. The number of amides is 1. The van der Waals surface area contributed by atoms with Gasteiger partial charge in [-0.05, 0) is 24.1 Å². The first-order chi connectivity index (χ1) is 14.2. The number of alkyl halides is 3. The maximum absolute atomic E-state index is 13.5. The molecule has 10 heteroatoms. The van der Waals surface area contributed by atoms with Crippen molar-refractivity contribution in [3.05, 3.63) is 66.5 Å². The molecule has 2 aromatic heterocycles. The molecule has 3 rings (SSSR count). The van der Waals surface area contributed by atoms with E-state index < -0.39 is 29.9 Å². The molecule has 0 radical (unpaired) electrons. The lowest BCUT2D eigenvalue weighted by atomic mass is 9.97. The quantitative estimate of drug-likeness (QED) is 0.585. The molecule has 1 amide bonds. The molecular weight excluding hydrogens is 399 g/mol. The van der Waals surface area contributed by atoms with E-state index in [1.54, 1.807) is 17.1 Å². The Balaban J connectivity index is 1.52. The molecular formula is C20H22F3N5O2. The summed E-state index contributed by atoms with van der Waals surface area (Å²) in [6, 6.07) is 9.46. The number of nitrogens with zero attached hydrogens (tertiary/aromatic N) is 4. The normalized spacial score (nSPS) is 13.8.